The van der Waals surface area contributed by atoms with Gasteiger partial charge in [-0.3, -0.25) is 9.20 Å². The van der Waals surface area contributed by atoms with Gasteiger partial charge in [-0.25, -0.2) is 4.98 Å². The second kappa shape index (κ2) is 9.07. The van der Waals surface area contributed by atoms with E-state index >= 15 is 0 Å². The third-order valence-electron chi connectivity index (χ3n) is 7.72. The van der Waals surface area contributed by atoms with Crippen molar-refractivity contribution >= 4 is 33.5 Å². The number of pyridine rings is 1. The van der Waals surface area contributed by atoms with Gasteiger partial charge in [0.1, 0.15) is 5.65 Å². The third-order valence-corrected chi connectivity index (χ3v) is 7.72. The van der Waals surface area contributed by atoms with Gasteiger partial charge in [0, 0.05) is 21.9 Å². The molecule has 0 saturated heterocycles. The van der Waals surface area contributed by atoms with Crippen LogP contribution in [0.2, 0.25) is 0 Å². The summed E-state index contributed by atoms with van der Waals surface area (Å²) in [5.41, 5.74) is 9.84. The van der Waals surface area contributed by atoms with Crippen molar-refractivity contribution in [1.29, 1.82) is 0 Å². The zero-order valence-electron chi connectivity index (χ0n) is 21.8. The molecule has 186 valence electrons. The maximum Gasteiger partial charge on any atom is 0.264 e. The van der Waals surface area contributed by atoms with Crippen molar-refractivity contribution < 1.29 is 0 Å². The van der Waals surface area contributed by atoms with Gasteiger partial charge in [0.2, 0.25) is 0 Å². The Morgan fingerprint density at radius 3 is 1.87 bits per heavy atom. The topological polar surface area (TPSA) is 34.4 Å². The van der Waals surface area contributed by atoms with E-state index in [9.17, 15) is 4.79 Å². The maximum absolute atomic E-state index is 14.2. The van der Waals surface area contributed by atoms with Crippen LogP contribution in [0, 0.1) is 6.92 Å². The molecule has 3 heteroatoms. The minimum absolute atomic E-state index is 0.0416. The fraction of sp³-hybridized carbons (Fsp3) is 0.0556. The summed E-state index contributed by atoms with van der Waals surface area (Å²) in [6.07, 6.45) is 2.11. The summed E-state index contributed by atoms with van der Waals surface area (Å²) in [5.74, 6) is 0. The lowest BCUT2D eigenvalue weighted by Gasteiger charge is -2.11. The molecule has 0 amide bonds. The molecule has 0 spiro atoms. The second-order valence-corrected chi connectivity index (χ2v) is 9.93. The van der Waals surface area contributed by atoms with Gasteiger partial charge < -0.3 is 0 Å². The van der Waals surface area contributed by atoms with Crippen LogP contribution >= 0.6 is 0 Å². The first-order valence-electron chi connectivity index (χ1n) is 13.2. The van der Waals surface area contributed by atoms with Gasteiger partial charge in [0.05, 0.1) is 11.0 Å². The van der Waals surface area contributed by atoms with Crippen LogP contribution in [0.5, 0.6) is 0 Å². The first kappa shape index (κ1) is 23.1. The number of hydrogen-bond donors (Lipinski definition) is 0. The van der Waals surface area contributed by atoms with Crippen molar-refractivity contribution in [3.8, 4) is 33.4 Å². The molecule has 7 aromatic rings. The SMILES string of the molecule is C/C=c1/c(-c2ccccc2)ccc2c(=O)n3c(nc4c(-c5ccccc5)cc(-c5ccccc5)cc43)c(C)c12. The molecule has 39 heavy (non-hydrogen) atoms. The molecule has 2 aromatic heterocycles. The van der Waals surface area contributed by atoms with Crippen molar-refractivity contribution in [3.63, 3.8) is 0 Å². The lowest BCUT2D eigenvalue weighted by atomic mass is 9.96. The number of aryl methyl sites for hydroxylation is 1. The Bertz CT molecular complexity index is 2130. The van der Waals surface area contributed by atoms with E-state index in [1.165, 1.54) is 0 Å². The van der Waals surface area contributed by atoms with Gasteiger partial charge in [-0.2, -0.15) is 0 Å². The summed E-state index contributed by atoms with van der Waals surface area (Å²) in [4.78, 5) is 19.4. The summed E-state index contributed by atoms with van der Waals surface area (Å²) in [5, 5.41) is 2.74. The standard InChI is InChI=1S/C36H26N2O/c1-3-28-29(25-15-9-5-10-16-25)19-20-30-33(28)23(2)35-37-34-31(26-17-11-6-12-18-26)21-27(24-13-7-4-8-14-24)22-32(34)38(35)36(30)39/h3-22H,1-2H3/b28-3-. The van der Waals surface area contributed by atoms with Crippen molar-refractivity contribution in [2.75, 3.05) is 0 Å². The first-order chi connectivity index (χ1) is 19.2. The van der Waals surface area contributed by atoms with E-state index in [-0.39, 0.29) is 5.56 Å². The van der Waals surface area contributed by atoms with Gasteiger partial charge in [-0.1, -0.05) is 103 Å². The maximum atomic E-state index is 14.2. The van der Waals surface area contributed by atoms with E-state index in [0.717, 1.165) is 60.6 Å². The summed E-state index contributed by atoms with van der Waals surface area (Å²) in [7, 11) is 0. The first-order valence-corrected chi connectivity index (χ1v) is 13.2. The number of rotatable bonds is 3. The predicted molar refractivity (Wildman–Crippen MR) is 163 cm³/mol. The van der Waals surface area contributed by atoms with Crippen molar-refractivity contribution in [2.24, 2.45) is 0 Å². The van der Waals surface area contributed by atoms with Crippen LogP contribution < -0.4 is 10.8 Å². The van der Waals surface area contributed by atoms with Crippen molar-refractivity contribution in [2.45, 2.75) is 13.8 Å². The number of benzene rings is 5. The van der Waals surface area contributed by atoms with E-state index in [2.05, 4.69) is 67.6 Å². The molecule has 0 saturated carbocycles. The van der Waals surface area contributed by atoms with E-state index in [4.69, 9.17) is 4.98 Å². The minimum atomic E-state index is -0.0416. The molecular formula is C36H26N2O. The van der Waals surface area contributed by atoms with E-state index in [1.54, 1.807) is 0 Å². The minimum Gasteiger partial charge on any atom is -0.268 e. The Balaban J connectivity index is 1.64. The van der Waals surface area contributed by atoms with Crippen molar-refractivity contribution in [1.82, 2.24) is 9.38 Å². The summed E-state index contributed by atoms with van der Waals surface area (Å²) < 4.78 is 1.81. The van der Waals surface area contributed by atoms with Gasteiger partial charge in [0.15, 0.2) is 0 Å². The molecule has 0 aliphatic rings. The van der Waals surface area contributed by atoms with E-state index < -0.39 is 0 Å². The Kier molecular flexibility index (Phi) is 5.38. The van der Waals surface area contributed by atoms with Crippen LogP contribution in [0.1, 0.15) is 12.5 Å². The fourth-order valence-corrected chi connectivity index (χ4v) is 5.87. The summed E-state index contributed by atoms with van der Waals surface area (Å²) >= 11 is 0. The molecule has 0 N–H and O–H groups in total. The lowest BCUT2D eigenvalue weighted by Crippen LogP contribution is -2.19. The predicted octanol–water partition coefficient (Wildman–Crippen LogP) is 7.83. The number of fused-ring (bicyclic) bond motifs is 4. The van der Waals surface area contributed by atoms with Crippen LogP contribution in [0.4, 0.5) is 0 Å². The average Bonchev–Trinajstić information content (AvgIpc) is 3.40. The van der Waals surface area contributed by atoms with Crippen molar-refractivity contribution in [3.05, 3.63) is 136 Å². The van der Waals surface area contributed by atoms with Crippen LogP contribution in [-0.4, -0.2) is 9.38 Å². The normalized spacial score (nSPS) is 12.1. The molecule has 0 fully saturated rings. The highest BCUT2D eigenvalue weighted by atomic mass is 16.1. The summed E-state index contributed by atoms with van der Waals surface area (Å²) in [6, 6.07) is 39.3. The molecule has 0 unspecified atom stereocenters. The number of nitrogens with zero attached hydrogens (tertiary/aromatic N) is 2. The Morgan fingerprint density at radius 2 is 1.26 bits per heavy atom. The highest BCUT2D eigenvalue weighted by Gasteiger charge is 2.20. The zero-order valence-corrected chi connectivity index (χ0v) is 21.8. The number of imidazole rings is 1. The zero-order chi connectivity index (χ0) is 26.5. The molecule has 0 atom stereocenters. The van der Waals surface area contributed by atoms with Crippen LogP contribution in [0.15, 0.2) is 120 Å². The molecule has 0 bridgehead atoms. The van der Waals surface area contributed by atoms with Gasteiger partial charge >= 0.3 is 0 Å². The monoisotopic (exact) mass is 502 g/mol. The highest BCUT2D eigenvalue weighted by Crippen LogP contribution is 2.35. The summed E-state index contributed by atoms with van der Waals surface area (Å²) in [6.45, 7) is 4.13. The second-order valence-electron chi connectivity index (χ2n) is 9.93. The smallest absolute Gasteiger partial charge is 0.264 e. The third kappa shape index (κ3) is 3.58. The Labute approximate surface area is 226 Å². The molecular weight excluding hydrogens is 476 g/mol. The average molecular weight is 503 g/mol. The molecule has 0 radical (unpaired) electrons. The molecule has 7 rings (SSSR count). The molecule has 3 nitrogen and oxygen atoms in total. The molecule has 5 aromatic carbocycles. The number of aromatic nitrogens is 2. The molecule has 0 aliphatic heterocycles. The van der Waals surface area contributed by atoms with Gasteiger partial charge in [-0.15, -0.1) is 0 Å². The number of hydrogen-bond acceptors (Lipinski definition) is 2. The Morgan fingerprint density at radius 1 is 0.667 bits per heavy atom. The van der Waals surface area contributed by atoms with Gasteiger partial charge in [-0.05, 0) is 65.1 Å². The van der Waals surface area contributed by atoms with Crippen LogP contribution in [0.3, 0.4) is 0 Å². The van der Waals surface area contributed by atoms with Crippen LogP contribution in [0.25, 0.3) is 66.9 Å². The fourth-order valence-electron chi connectivity index (χ4n) is 5.87. The highest BCUT2D eigenvalue weighted by molar-refractivity contribution is 6.01. The van der Waals surface area contributed by atoms with E-state index in [1.807, 2.05) is 72.0 Å². The van der Waals surface area contributed by atoms with Gasteiger partial charge in [0.25, 0.3) is 5.56 Å². The van der Waals surface area contributed by atoms with E-state index in [0.29, 0.717) is 11.0 Å². The lowest BCUT2D eigenvalue weighted by molar-refractivity contribution is 1.16. The quantitative estimate of drug-likeness (QED) is 0.247. The Hall–Kier alpha value is -5.02. The van der Waals surface area contributed by atoms with Crippen LogP contribution in [-0.2, 0) is 0 Å². The largest absolute Gasteiger partial charge is 0.268 e. The molecule has 0 aliphatic carbocycles. The molecule has 2 heterocycles.